The molecule has 2 aliphatic heterocycles. The summed E-state index contributed by atoms with van der Waals surface area (Å²) in [6, 6.07) is 14.2. The van der Waals surface area contributed by atoms with Crippen molar-refractivity contribution in [1.82, 2.24) is 9.58 Å². The quantitative estimate of drug-likeness (QED) is 0.432. The molecule has 2 aromatic carbocycles. The van der Waals surface area contributed by atoms with Crippen LogP contribution in [0.25, 0.3) is 17.0 Å². The van der Waals surface area contributed by atoms with Crippen molar-refractivity contribution >= 4 is 50.7 Å². The molecule has 7 nitrogen and oxygen atoms in total. The molecule has 0 aliphatic carbocycles. The Hall–Kier alpha value is -3.65. The molecule has 0 unspecified atom stereocenters. The number of hydrogen-bond acceptors (Lipinski definition) is 5. The molecule has 0 spiro atoms. The number of amides is 1. The fourth-order valence-electron chi connectivity index (χ4n) is 4.14. The minimum Gasteiger partial charge on any atom is -0.492 e. The molecular formula is C27H27N5O2S. The monoisotopic (exact) mass is 485 g/mol. The molecule has 1 aromatic heterocycles. The highest BCUT2D eigenvalue weighted by atomic mass is 32.2. The van der Waals surface area contributed by atoms with E-state index in [-0.39, 0.29) is 11.4 Å². The first kappa shape index (κ1) is 23.1. The Morgan fingerprint density at radius 2 is 1.97 bits per heavy atom. The molecule has 3 aromatic rings. The van der Waals surface area contributed by atoms with Gasteiger partial charge in [-0.05, 0) is 73.9 Å². The number of para-hydroxylation sites is 1. The lowest BCUT2D eigenvalue weighted by atomic mass is 10.1. The van der Waals surface area contributed by atoms with Crippen LogP contribution in [-0.4, -0.2) is 38.1 Å². The lowest BCUT2D eigenvalue weighted by molar-refractivity contribution is -0.114. The van der Waals surface area contributed by atoms with Crippen molar-refractivity contribution in [3.05, 3.63) is 70.9 Å². The van der Waals surface area contributed by atoms with Gasteiger partial charge in [0, 0.05) is 22.7 Å². The lowest BCUT2D eigenvalue weighted by Crippen LogP contribution is -2.35. The van der Waals surface area contributed by atoms with Crippen molar-refractivity contribution in [2.45, 2.75) is 40.2 Å². The fraction of sp³-hybridized carbons (Fsp3) is 0.259. The van der Waals surface area contributed by atoms with Gasteiger partial charge in [0.25, 0.3) is 5.91 Å². The van der Waals surface area contributed by atoms with Crippen molar-refractivity contribution in [1.29, 1.82) is 5.41 Å². The largest absolute Gasteiger partial charge is 0.492 e. The number of hydrogen-bond donors (Lipinski definition) is 1. The van der Waals surface area contributed by atoms with Gasteiger partial charge in [0.15, 0.2) is 5.84 Å². The molecule has 35 heavy (non-hydrogen) atoms. The fourth-order valence-corrected chi connectivity index (χ4v) is 5.13. The maximum absolute atomic E-state index is 12.8. The SMILES string of the molecule is CCCC1=NN2C(=N)C(=Cc3cn(CCOc4ccc(C)c(C)c4)c4ccccc34)C(=O)N=C2S1. The number of benzene rings is 2. The van der Waals surface area contributed by atoms with Crippen LogP contribution in [0, 0.1) is 19.3 Å². The summed E-state index contributed by atoms with van der Waals surface area (Å²) in [7, 11) is 0. The molecule has 178 valence electrons. The molecule has 2 aliphatic rings. The number of aryl methyl sites for hydroxylation is 2. The minimum atomic E-state index is -0.406. The Morgan fingerprint density at radius 1 is 1.14 bits per heavy atom. The number of nitrogens with one attached hydrogen (secondary N) is 1. The Balaban J connectivity index is 1.41. The maximum Gasteiger partial charge on any atom is 0.283 e. The van der Waals surface area contributed by atoms with Gasteiger partial charge >= 0.3 is 0 Å². The molecule has 1 N–H and O–H groups in total. The van der Waals surface area contributed by atoms with Crippen LogP contribution in [0.3, 0.4) is 0 Å². The zero-order valence-electron chi connectivity index (χ0n) is 20.0. The zero-order valence-corrected chi connectivity index (χ0v) is 20.9. The number of ether oxygens (including phenoxy) is 1. The molecule has 0 bridgehead atoms. The van der Waals surface area contributed by atoms with Crippen LogP contribution in [0.2, 0.25) is 0 Å². The molecule has 0 radical (unpaired) electrons. The number of amidine groups is 2. The average molecular weight is 486 g/mol. The van der Waals surface area contributed by atoms with Crippen LogP contribution in [-0.2, 0) is 11.3 Å². The maximum atomic E-state index is 12.8. The second-order valence-electron chi connectivity index (χ2n) is 8.65. The first-order valence-corrected chi connectivity index (χ1v) is 12.5. The van der Waals surface area contributed by atoms with Crippen molar-refractivity contribution < 1.29 is 9.53 Å². The summed E-state index contributed by atoms with van der Waals surface area (Å²) in [5, 5.41) is 17.0. The summed E-state index contributed by atoms with van der Waals surface area (Å²) in [6.07, 6.45) is 5.51. The lowest BCUT2D eigenvalue weighted by Gasteiger charge is -2.20. The van der Waals surface area contributed by atoms with E-state index in [4.69, 9.17) is 10.1 Å². The van der Waals surface area contributed by atoms with Gasteiger partial charge in [-0.25, -0.2) is 0 Å². The summed E-state index contributed by atoms with van der Waals surface area (Å²) in [5.74, 6) is 0.512. The second kappa shape index (κ2) is 9.54. The number of carbonyl (C=O) groups excluding carboxylic acids is 1. The van der Waals surface area contributed by atoms with Crippen molar-refractivity contribution in [3.8, 4) is 5.75 Å². The Kier molecular flexibility index (Phi) is 6.30. The standard InChI is InChI=1S/C27H27N5O2S/c1-4-7-24-30-32-25(28)22(26(33)29-27(32)35-24)15-19-16-31(23-9-6-5-8-21(19)23)12-13-34-20-11-10-17(2)18(3)14-20/h5-6,8-11,14-16,28H,4,7,12-13H2,1-3H3. The second-order valence-corrected chi connectivity index (χ2v) is 9.69. The van der Waals surface area contributed by atoms with E-state index >= 15 is 0 Å². The van der Waals surface area contributed by atoms with Gasteiger partial charge in [-0.2, -0.15) is 15.1 Å². The van der Waals surface area contributed by atoms with Gasteiger partial charge in [-0.15, -0.1) is 0 Å². The molecule has 3 heterocycles. The molecule has 0 fully saturated rings. The molecule has 0 saturated carbocycles. The molecule has 8 heteroatoms. The average Bonchev–Trinajstić information content (AvgIpc) is 3.40. The smallest absolute Gasteiger partial charge is 0.283 e. The first-order chi connectivity index (χ1) is 16.9. The molecular weight excluding hydrogens is 458 g/mol. The molecule has 0 saturated heterocycles. The Labute approximate surface area is 208 Å². The van der Waals surface area contributed by atoms with Crippen molar-refractivity contribution in [2.75, 3.05) is 6.61 Å². The van der Waals surface area contributed by atoms with E-state index in [0.29, 0.717) is 18.3 Å². The number of rotatable bonds is 7. The Morgan fingerprint density at radius 3 is 2.77 bits per heavy atom. The van der Waals surface area contributed by atoms with Gasteiger partial charge in [-0.3, -0.25) is 10.2 Å². The molecule has 1 amide bonds. The van der Waals surface area contributed by atoms with Crippen LogP contribution < -0.4 is 4.74 Å². The molecule has 0 atom stereocenters. The van der Waals surface area contributed by atoms with Crippen molar-refractivity contribution in [3.63, 3.8) is 0 Å². The molecule has 5 rings (SSSR count). The number of fused-ring (bicyclic) bond motifs is 2. The highest BCUT2D eigenvalue weighted by Crippen LogP contribution is 2.31. The number of carbonyl (C=O) groups is 1. The van der Waals surface area contributed by atoms with Crippen LogP contribution >= 0.6 is 11.8 Å². The highest BCUT2D eigenvalue weighted by Gasteiger charge is 2.35. The van der Waals surface area contributed by atoms with E-state index in [0.717, 1.165) is 40.1 Å². The first-order valence-electron chi connectivity index (χ1n) is 11.7. The summed E-state index contributed by atoms with van der Waals surface area (Å²) in [4.78, 5) is 17.0. The number of nitrogens with zero attached hydrogens (tertiary/aromatic N) is 4. The number of hydrazone groups is 1. The van der Waals surface area contributed by atoms with Crippen molar-refractivity contribution in [2.24, 2.45) is 10.1 Å². The predicted molar refractivity (Wildman–Crippen MR) is 143 cm³/mol. The van der Waals surface area contributed by atoms with E-state index in [1.165, 1.54) is 27.9 Å². The normalized spacial score (nSPS) is 16.7. The summed E-state index contributed by atoms with van der Waals surface area (Å²) in [5.41, 5.74) is 4.59. The van der Waals surface area contributed by atoms with E-state index in [1.807, 2.05) is 30.5 Å². The summed E-state index contributed by atoms with van der Waals surface area (Å²) < 4.78 is 8.12. The van der Waals surface area contributed by atoms with Crippen LogP contribution in [0.4, 0.5) is 0 Å². The highest BCUT2D eigenvalue weighted by molar-refractivity contribution is 8.26. The zero-order chi connectivity index (χ0) is 24.5. The van der Waals surface area contributed by atoms with E-state index < -0.39 is 5.91 Å². The Bertz CT molecular complexity index is 1430. The van der Waals surface area contributed by atoms with Crippen LogP contribution in [0.1, 0.15) is 36.5 Å². The van der Waals surface area contributed by atoms with Gasteiger partial charge in [-0.1, -0.05) is 31.2 Å². The third kappa shape index (κ3) is 4.53. The number of aliphatic imine (C=N–C) groups is 1. The van der Waals surface area contributed by atoms with Gasteiger partial charge < -0.3 is 9.30 Å². The van der Waals surface area contributed by atoms with Gasteiger partial charge in [0.2, 0.25) is 5.17 Å². The van der Waals surface area contributed by atoms with Crippen LogP contribution in [0.15, 0.2) is 64.3 Å². The number of thioether (sulfide) groups is 1. The third-order valence-corrected chi connectivity index (χ3v) is 7.13. The van der Waals surface area contributed by atoms with E-state index in [2.05, 4.69) is 53.6 Å². The summed E-state index contributed by atoms with van der Waals surface area (Å²) >= 11 is 1.37. The topological polar surface area (TPSA) is 83.0 Å². The minimum absolute atomic E-state index is 0.0634. The predicted octanol–water partition coefficient (Wildman–Crippen LogP) is 5.76. The van der Waals surface area contributed by atoms with Gasteiger partial charge in [0.05, 0.1) is 12.1 Å². The summed E-state index contributed by atoms with van der Waals surface area (Å²) in [6.45, 7) is 7.40. The third-order valence-electron chi connectivity index (χ3n) is 6.16. The van der Waals surface area contributed by atoms with E-state index in [1.54, 1.807) is 6.08 Å². The van der Waals surface area contributed by atoms with E-state index in [9.17, 15) is 4.79 Å². The van der Waals surface area contributed by atoms with Crippen LogP contribution in [0.5, 0.6) is 5.75 Å². The number of aromatic nitrogens is 1. The van der Waals surface area contributed by atoms with Gasteiger partial charge in [0.1, 0.15) is 17.4 Å².